The summed E-state index contributed by atoms with van der Waals surface area (Å²) in [7, 11) is 0. The molecule has 0 aromatic heterocycles. The average Bonchev–Trinajstić information content (AvgIpc) is 2.48. The Balaban J connectivity index is 2.05. The summed E-state index contributed by atoms with van der Waals surface area (Å²) in [5, 5.41) is 0. The number of hydrogen-bond acceptors (Lipinski definition) is 2. The Hall–Kier alpha value is -2.13. The van der Waals surface area contributed by atoms with Gasteiger partial charge >= 0.3 is 0 Å². The van der Waals surface area contributed by atoms with E-state index >= 15 is 0 Å². The standard InChI is InChI=1S/C17H18N2O/c1-12-11-15(18)14-9-5-6-10-16(14)19(12)17(20)13-7-3-2-4-8-13/h2-10,12,15H,11,18H2,1H3. The summed E-state index contributed by atoms with van der Waals surface area (Å²) < 4.78 is 0. The lowest BCUT2D eigenvalue weighted by molar-refractivity contribution is 0.0974. The molecule has 2 aromatic rings. The van der Waals surface area contributed by atoms with Crippen LogP contribution in [-0.2, 0) is 0 Å². The zero-order valence-corrected chi connectivity index (χ0v) is 11.5. The van der Waals surface area contributed by atoms with Gasteiger partial charge in [-0.25, -0.2) is 0 Å². The molecule has 0 bridgehead atoms. The van der Waals surface area contributed by atoms with Crippen LogP contribution in [0.1, 0.15) is 35.3 Å². The normalized spacial score (nSPS) is 21.4. The van der Waals surface area contributed by atoms with E-state index in [4.69, 9.17) is 5.73 Å². The summed E-state index contributed by atoms with van der Waals surface area (Å²) in [6.07, 6.45) is 0.787. The predicted molar refractivity (Wildman–Crippen MR) is 80.7 cm³/mol. The highest BCUT2D eigenvalue weighted by Gasteiger charge is 2.32. The third-order valence-corrected chi connectivity index (χ3v) is 3.87. The minimum Gasteiger partial charge on any atom is -0.324 e. The second kappa shape index (κ2) is 5.10. The average molecular weight is 266 g/mol. The van der Waals surface area contributed by atoms with Gasteiger partial charge in [0.05, 0.1) is 0 Å². The van der Waals surface area contributed by atoms with Gasteiger partial charge in [-0.15, -0.1) is 0 Å². The second-order valence-electron chi connectivity index (χ2n) is 5.29. The summed E-state index contributed by atoms with van der Waals surface area (Å²) in [4.78, 5) is 14.6. The Kier molecular flexibility index (Phi) is 3.28. The molecule has 0 saturated heterocycles. The van der Waals surface area contributed by atoms with Gasteiger partial charge in [-0.3, -0.25) is 4.79 Å². The lowest BCUT2D eigenvalue weighted by Crippen LogP contribution is -2.44. The van der Waals surface area contributed by atoms with Crippen LogP contribution < -0.4 is 10.6 Å². The van der Waals surface area contributed by atoms with Gasteiger partial charge in [0.25, 0.3) is 5.91 Å². The maximum absolute atomic E-state index is 12.8. The van der Waals surface area contributed by atoms with Gasteiger partial charge in [0.2, 0.25) is 0 Å². The molecule has 0 radical (unpaired) electrons. The molecule has 0 spiro atoms. The zero-order valence-electron chi connectivity index (χ0n) is 11.5. The third kappa shape index (κ3) is 2.10. The van der Waals surface area contributed by atoms with E-state index in [0.717, 1.165) is 17.7 Å². The Morgan fingerprint density at radius 1 is 1.10 bits per heavy atom. The van der Waals surface area contributed by atoms with E-state index in [0.29, 0.717) is 5.56 Å². The number of hydrogen-bond donors (Lipinski definition) is 1. The maximum Gasteiger partial charge on any atom is 0.258 e. The molecule has 0 fully saturated rings. The van der Waals surface area contributed by atoms with Gasteiger partial charge in [-0.1, -0.05) is 36.4 Å². The van der Waals surface area contributed by atoms with Crippen LogP contribution in [0.3, 0.4) is 0 Å². The van der Waals surface area contributed by atoms with Crippen molar-refractivity contribution >= 4 is 11.6 Å². The topological polar surface area (TPSA) is 46.3 Å². The van der Waals surface area contributed by atoms with E-state index in [1.807, 2.05) is 59.5 Å². The van der Waals surface area contributed by atoms with Crippen molar-refractivity contribution in [2.45, 2.75) is 25.4 Å². The number of carbonyl (C=O) groups excluding carboxylic acids is 1. The van der Waals surface area contributed by atoms with Crippen molar-refractivity contribution in [3.63, 3.8) is 0 Å². The number of anilines is 1. The molecule has 2 aromatic carbocycles. The fourth-order valence-corrected chi connectivity index (χ4v) is 2.89. The van der Waals surface area contributed by atoms with Crippen LogP contribution in [0.2, 0.25) is 0 Å². The maximum atomic E-state index is 12.8. The molecule has 20 heavy (non-hydrogen) atoms. The third-order valence-electron chi connectivity index (χ3n) is 3.87. The van der Waals surface area contributed by atoms with E-state index in [9.17, 15) is 4.79 Å². The minimum absolute atomic E-state index is 0.000948. The fraction of sp³-hybridized carbons (Fsp3) is 0.235. The molecule has 2 atom stereocenters. The van der Waals surface area contributed by atoms with Crippen molar-refractivity contribution in [1.29, 1.82) is 0 Å². The van der Waals surface area contributed by atoms with E-state index in [2.05, 4.69) is 6.92 Å². The van der Waals surface area contributed by atoms with Crippen molar-refractivity contribution in [1.82, 2.24) is 0 Å². The Morgan fingerprint density at radius 2 is 1.75 bits per heavy atom. The van der Waals surface area contributed by atoms with E-state index in [-0.39, 0.29) is 18.0 Å². The molecular weight excluding hydrogens is 248 g/mol. The van der Waals surface area contributed by atoms with Gasteiger partial charge in [0.1, 0.15) is 0 Å². The number of fused-ring (bicyclic) bond motifs is 1. The number of rotatable bonds is 1. The molecule has 1 heterocycles. The number of amides is 1. The lowest BCUT2D eigenvalue weighted by Gasteiger charge is -2.38. The summed E-state index contributed by atoms with van der Waals surface area (Å²) >= 11 is 0. The molecule has 2 N–H and O–H groups in total. The smallest absolute Gasteiger partial charge is 0.258 e. The van der Waals surface area contributed by atoms with Crippen molar-refractivity contribution in [3.8, 4) is 0 Å². The van der Waals surface area contributed by atoms with Gasteiger partial charge in [-0.2, -0.15) is 0 Å². The van der Waals surface area contributed by atoms with Crippen LogP contribution in [0, 0.1) is 0 Å². The zero-order chi connectivity index (χ0) is 14.1. The van der Waals surface area contributed by atoms with Crippen LogP contribution in [-0.4, -0.2) is 11.9 Å². The van der Waals surface area contributed by atoms with Crippen molar-refractivity contribution in [2.24, 2.45) is 5.73 Å². The summed E-state index contributed by atoms with van der Waals surface area (Å²) in [6.45, 7) is 2.05. The number of carbonyl (C=O) groups is 1. The van der Waals surface area contributed by atoms with Gasteiger partial charge in [0.15, 0.2) is 0 Å². The molecular formula is C17H18N2O. The summed E-state index contributed by atoms with van der Waals surface area (Å²) in [6, 6.07) is 17.4. The number of nitrogens with two attached hydrogens (primary N) is 1. The molecule has 3 heteroatoms. The van der Waals surface area contributed by atoms with Crippen LogP contribution in [0.5, 0.6) is 0 Å². The second-order valence-corrected chi connectivity index (χ2v) is 5.29. The molecule has 0 saturated carbocycles. The van der Waals surface area contributed by atoms with E-state index in [1.165, 1.54) is 0 Å². The van der Waals surface area contributed by atoms with Crippen LogP contribution >= 0.6 is 0 Å². The van der Waals surface area contributed by atoms with Gasteiger partial charge in [-0.05, 0) is 37.1 Å². The highest BCUT2D eigenvalue weighted by atomic mass is 16.2. The Morgan fingerprint density at radius 3 is 2.50 bits per heavy atom. The fourth-order valence-electron chi connectivity index (χ4n) is 2.89. The monoisotopic (exact) mass is 266 g/mol. The first kappa shape index (κ1) is 12.9. The Labute approximate surface area is 119 Å². The predicted octanol–water partition coefficient (Wildman–Crippen LogP) is 3.13. The van der Waals surface area contributed by atoms with Gasteiger partial charge < -0.3 is 10.6 Å². The molecule has 3 nitrogen and oxygen atoms in total. The molecule has 102 valence electrons. The lowest BCUT2D eigenvalue weighted by atomic mass is 9.92. The number of nitrogens with zero attached hydrogens (tertiary/aromatic N) is 1. The van der Waals surface area contributed by atoms with Crippen molar-refractivity contribution < 1.29 is 4.79 Å². The van der Waals surface area contributed by atoms with Crippen molar-refractivity contribution in [3.05, 3.63) is 65.7 Å². The van der Waals surface area contributed by atoms with Crippen LogP contribution in [0.4, 0.5) is 5.69 Å². The number of benzene rings is 2. The SMILES string of the molecule is CC1CC(N)c2ccccc2N1C(=O)c1ccccc1. The highest BCUT2D eigenvalue weighted by molar-refractivity contribution is 6.07. The van der Waals surface area contributed by atoms with E-state index in [1.54, 1.807) is 0 Å². The Bertz CT molecular complexity index is 624. The van der Waals surface area contributed by atoms with Crippen molar-refractivity contribution in [2.75, 3.05) is 4.90 Å². The first-order valence-corrected chi connectivity index (χ1v) is 6.91. The molecule has 2 unspecified atom stereocenters. The molecule has 1 aliphatic heterocycles. The van der Waals surface area contributed by atoms with Crippen LogP contribution in [0.15, 0.2) is 54.6 Å². The first-order chi connectivity index (χ1) is 9.68. The minimum atomic E-state index is 0.000948. The highest BCUT2D eigenvalue weighted by Crippen LogP contribution is 2.36. The summed E-state index contributed by atoms with van der Waals surface area (Å²) in [5.41, 5.74) is 8.90. The molecule has 3 rings (SSSR count). The van der Waals surface area contributed by atoms with Gasteiger partial charge in [0, 0.05) is 23.3 Å². The first-order valence-electron chi connectivity index (χ1n) is 6.91. The molecule has 0 aliphatic carbocycles. The quantitative estimate of drug-likeness (QED) is 0.862. The largest absolute Gasteiger partial charge is 0.324 e. The van der Waals surface area contributed by atoms with E-state index < -0.39 is 0 Å². The summed E-state index contributed by atoms with van der Waals surface area (Å²) in [5.74, 6) is 0.0393. The molecule has 1 amide bonds. The molecule has 1 aliphatic rings. The number of para-hydroxylation sites is 1. The van der Waals surface area contributed by atoms with Crippen LogP contribution in [0.25, 0.3) is 0 Å².